The molecule has 0 unspecified atom stereocenters. The normalized spacial score (nSPS) is 14.3. The molecule has 1 aliphatic rings. The predicted octanol–water partition coefficient (Wildman–Crippen LogP) is 1.78. The van der Waals surface area contributed by atoms with Crippen LogP contribution in [0.15, 0.2) is 18.2 Å². The van der Waals surface area contributed by atoms with E-state index >= 15 is 0 Å². The summed E-state index contributed by atoms with van der Waals surface area (Å²) < 4.78 is 33.8. The lowest BCUT2D eigenvalue weighted by atomic mass is 10.1. The molecule has 5 heteroatoms. The maximum atomic E-state index is 11.7. The van der Waals surface area contributed by atoms with E-state index in [-0.39, 0.29) is 17.8 Å². The van der Waals surface area contributed by atoms with Crippen molar-refractivity contribution in [3.05, 3.63) is 23.8 Å². The zero-order valence-corrected chi connectivity index (χ0v) is 10.8. The van der Waals surface area contributed by atoms with Gasteiger partial charge in [0.2, 0.25) is 6.79 Å². The van der Waals surface area contributed by atoms with E-state index in [1.807, 2.05) is 18.2 Å². The van der Waals surface area contributed by atoms with Crippen molar-refractivity contribution in [2.45, 2.75) is 25.5 Å². The summed E-state index contributed by atoms with van der Waals surface area (Å²) in [5.41, 5.74) is 0.957. The van der Waals surface area contributed by atoms with Crippen LogP contribution in [0.1, 0.15) is 19.4 Å². The largest absolute Gasteiger partial charge is 0.454 e. The van der Waals surface area contributed by atoms with Crippen LogP contribution >= 0.6 is 0 Å². The Morgan fingerprint density at radius 1 is 1.24 bits per heavy atom. The van der Waals surface area contributed by atoms with E-state index < -0.39 is 9.84 Å². The van der Waals surface area contributed by atoms with E-state index in [2.05, 4.69) is 0 Å². The van der Waals surface area contributed by atoms with Gasteiger partial charge in [0.1, 0.15) is 0 Å². The van der Waals surface area contributed by atoms with Crippen molar-refractivity contribution < 1.29 is 17.9 Å². The van der Waals surface area contributed by atoms with Gasteiger partial charge in [-0.25, -0.2) is 8.42 Å². The number of fused-ring (bicyclic) bond motifs is 1. The summed E-state index contributed by atoms with van der Waals surface area (Å²) >= 11 is 0. The van der Waals surface area contributed by atoms with Crippen molar-refractivity contribution in [1.29, 1.82) is 0 Å². The van der Waals surface area contributed by atoms with Crippen LogP contribution in [-0.4, -0.2) is 26.2 Å². The molecule has 1 aromatic carbocycles. The lowest BCUT2D eigenvalue weighted by Crippen LogP contribution is -2.19. The molecule has 0 saturated carbocycles. The number of hydrogen-bond donors (Lipinski definition) is 0. The highest BCUT2D eigenvalue weighted by molar-refractivity contribution is 7.91. The van der Waals surface area contributed by atoms with E-state index in [9.17, 15) is 8.42 Å². The van der Waals surface area contributed by atoms with Crippen molar-refractivity contribution in [1.82, 2.24) is 0 Å². The summed E-state index contributed by atoms with van der Waals surface area (Å²) in [6, 6.07) is 5.54. The van der Waals surface area contributed by atoms with Crippen molar-refractivity contribution >= 4 is 9.84 Å². The topological polar surface area (TPSA) is 52.6 Å². The van der Waals surface area contributed by atoms with Gasteiger partial charge in [-0.15, -0.1) is 0 Å². The number of ether oxygens (including phenoxy) is 2. The standard InChI is InChI=1S/C12H16O4S/c1-9(2)17(13,14)6-5-10-3-4-11-12(7-10)16-8-15-11/h3-4,7,9H,5-6,8H2,1-2H3. The van der Waals surface area contributed by atoms with Gasteiger partial charge in [-0.05, 0) is 38.0 Å². The number of rotatable bonds is 4. The highest BCUT2D eigenvalue weighted by atomic mass is 32.2. The molecule has 0 spiro atoms. The molecule has 1 aromatic rings. The van der Waals surface area contributed by atoms with Crippen LogP contribution in [-0.2, 0) is 16.3 Å². The van der Waals surface area contributed by atoms with Crippen LogP contribution in [0.2, 0.25) is 0 Å². The molecule has 2 rings (SSSR count). The zero-order valence-electron chi connectivity index (χ0n) is 9.97. The summed E-state index contributed by atoms with van der Waals surface area (Å²) in [6.07, 6.45) is 0.511. The molecule has 94 valence electrons. The van der Waals surface area contributed by atoms with Crippen molar-refractivity contribution in [3.63, 3.8) is 0 Å². The van der Waals surface area contributed by atoms with E-state index in [0.717, 1.165) is 11.3 Å². The highest BCUT2D eigenvalue weighted by Crippen LogP contribution is 2.32. The quantitative estimate of drug-likeness (QED) is 0.824. The third-order valence-electron chi connectivity index (χ3n) is 2.83. The lowest BCUT2D eigenvalue weighted by molar-refractivity contribution is 0.174. The average molecular weight is 256 g/mol. The number of benzene rings is 1. The van der Waals surface area contributed by atoms with Gasteiger partial charge in [0.15, 0.2) is 21.3 Å². The first kappa shape index (κ1) is 12.2. The van der Waals surface area contributed by atoms with Crippen LogP contribution in [0.5, 0.6) is 11.5 Å². The molecule has 1 heterocycles. The number of aryl methyl sites for hydroxylation is 1. The molecule has 4 nitrogen and oxygen atoms in total. The molecule has 0 aromatic heterocycles. The first-order valence-electron chi connectivity index (χ1n) is 5.59. The lowest BCUT2D eigenvalue weighted by Gasteiger charge is -2.07. The van der Waals surface area contributed by atoms with Gasteiger partial charge >= 0.3 is 0 Å². The Bertz CT molecular complexity index is 505. The fourth-order valence-electron chi connectivity index (χ4n) is 1.59. The second kappa shape index (κ2) is 4.56. The Hall–Kier alpha value is -1.23. The number of sulfone groups is 1. The minimum absolute atomic E-state index is 0.171. The third-order valence-corrected chi connectivity index (χ3v) is 5.04. The van der Waals surface area contributed by atoms with Crippen molar-refractivity contribution in [2.24, 2.45) is 0 Å². The fourth-order valence-corrected chi connectivity index (χ4v) is 2.58. The van der Waals surface area contributed by atoms with Crippen LogP contribution in [0.4, 0.5) is 0 Å². The molecule has 0 bridgehead atoms. The van der Waals surface area contributed by atoms with Crippen molar-refractivity contribution in [3.8, 4) is 11.5 Å². The Labute approximate surface area is 101 Å². The SMILES string of the molecule is CC(C)S(=O)(=O)CCc1ccc2c(c1)OCO2. The highest BCUT2D eigenvalue weighted by Gasteiger charge is 2.17. The van der Waals surface area contributed by atoms with Gasteiger partial charge < -0.3 is 9.47 Å². The Balaban J connectivity index is 2.06. The first-order chi connectivity index (χ1) is 7.99. The third kappa shape index (κ3) is 2.72. The Morgan fingerprint density at radius 2 is 1.94 bits per heavy atom. The summed E-state index contributed by atoms with van der Waals surface area (Å²) in [5, 5.41) is -0.323. The molecule has 0 radical (unpaired) electrons. The number of hydrogen-bond acceptors (Lipinski definition) is 4. The van der Waals surface area contributed by atoms with Gasteiger partial charge in [0, 0.05) is 0 Å². The van der Waals surface area contributed by atoms with Crippen LogP contribution in [0.3, 0.4) is 0 Å². The molecular formula is C12H16O4S. The van der Waals surface area contributed by atoms with E-state index in [1.54, 1.807) is 13.8 Å². The van der Waals surface area contributed by atoms with Crippen molar-refractivity contribution in [2.75, 3.05) is 12.5 Å². The van der Waals surface area contributed by atoms with Crippen LogP contribution < -0.4 is 9.47 Å². The molecule has 0 atom stereocenters. The summed E-state index contributed by atoms with van der Waals surface area (Å²) in [4.78, 5) is 0. The molecule has 0 N–H and O–H groups in total. The molecule has 0 saturated heterocycles. The summed E-state index contributed by atoms with van der Waals surface area (Å²) in [7, 11) is -2.98. The Kier molecular flexibility index (Phi) is 3.28. The van der Waals surface area contributed by atoms with E-state index in [0.29, 0.717) is 12.2 Å². The minimum Gasteiger partial charge on any atom is -0.454 e. The van der Waals surface area contributed by atoms with Gasteiger partial charge in [-0.1, -0.05) is 6.07 Å². The second-order valence-electron chi connectivity index (χ2n) is 4.35. The van der Waals surface area contributed by atoms with Gasteiger partial charge in [0.25, 0.3) is 0 Å². The second-order valence-corrected chi connectivity index (χ2v) is 7.03. The van der Waals surface area contributed by atoms with E-state index in [1.165, 1.54) is 0 Å². The Morgan fingerprint density at radius 3 is 2.65 bits per heavy atom. The van der Waals surface area contributed by atoms with Crippen LogP contribution in [0.25, 0.3) is 0 Å². The smallest absolute Gasteiger partial charge is 0.231 e. The molecular weight excluding hydrogens is 240 g/mol. The minimum atomic E-state index is -2.98. The average Bonchev–Trinajstić information content (AvgIpc) is 2.73. The molecule has 0 amide bonds. The molecule has 17 heavy (non-hydrogen) atoms. The van der Waals surface area contributed by atoms with Gasteiger partial charge in [-0.2, -0.15) is 0 Å². The molecule has 0 fully saturated rings. The maximum absolute atomic E-state index is 11.7. The fraction of sp³-hybridized carbons (Fsp3) is 0.500. The van der Waals surface area contributed by atoms with Gasteiger partial charge in [-0.3, -0.25) is 0 Å². The maximum Gasteiger partial charge on any atom is 0.231 e. The van der Waals surface area contributed by atoms with Gasteiger partial charge in [0.05, 0.1) is 11.0 Å². The predicted molar refractivity (Wildman–Crippen MR) is 65.2 cm³/mol. The monoisotopic (exact) mass is 256 g/mol. The first-order valence-corrected chi connectivity index (χ1v) is 7.31. The molecule has 1 aliphatic heterocycles. The summed E-state index contributed by atoms with van der Waals surface area (Å²) in [5.74, 6) is 1.59. The van der Waals surface area contributed by atoms with E-state index in [4.69, 9.17) is 9.47 Å². The molecule has 0 aliphatic carbocycles. The summed E-state index contributed by atoms with van der Waals surface area (Å²) in [6.45, 7) is 3.65. The zero-order chi connectivity index (χ0) is 12.5. The van der Waals surface area contributed by atoms with Crippen LogP contribution in [0, 0.1) is 0 Å².